The van der Waals surface area contributed by atoms with Gasteiger partial charge in [0.15, 0.2) is 5.78 Å². The largest absolute Gasteiger partial charge is 0.469 e. The van der Waals surface area contributed by atoms with Gasteiger partial charge in [-0.2, -0.15) is 0 Å². The normalized spacial score (nSPS) is 46.8. The summed E-state index contributed by atoms with van der Waals surface area (Å²) in [4.78, 5) is 25.7. The van der Waals surface area contributed by atoms with Gasteiger partial charge in [0.05, 0.1) is 7.11 Å². The molecule has 0 aromatic rings. The van der Waals surface area contributed by atoms with Crippen molar-refractivity contribution in [2.45, 2.75) is 92.4 Å². The lowest BCUT2D eigenvalue weighted by Crippen LogP contribution is -2.57. The van der Waals surface area contributed by atoms with Crippen LogP contribution >= 0.6 is 0 Å². The fourth-order valence-electron chi connectivity index (χ4n) is 9.02. The zero-order valence-electron chi connectivity index (χ0n) is 20.7. The lowest BCUT2D eigenvalue weighted by molar-refractivity contribution is -0.148. The summed E-state index contributed by atoms with van der Waals surface area (Å²) < 4.78 is 4.88. The van der Waals surface area contributed by atoms with Gasteiger partial charge in [0.1, 0.15) is 0 Å². The van der Waals surface area contributed by atoms with E-state index in [0.29, 0.717) is 47.2 Å². The molecule has 0 aliphatic heterocycles. The zero-order valence-corrected chi connectivity index (χ0v) is 20.7. The SMILES string of the molecule is C/C=C1/C(=O)C2C(CC[C@@]3(C)C2CC[C@@H]3[C@H](C)CCC(=O)OC)[C@@]2(C)CC[C@@H](C)CC12. The van der Waals surface area contributed by atoms with E-state index in [2.05, 4.69) is 40.7 Å². The highest BCUT2D eigenvalue weighted by Gasteiger charge is 2.64. The first-order chi connectivity index (χ1) is 14.7. The van der Waals surface area contributed by atoms with Crippen molar-refractivity contribution < 1.29 is 14.3 Å². The first-order valence-corrected chi connectivity index (χ1v) is 12.9. The average molecular weight is 429 g/mol. The molecule has 0 amide bonds. The third-order valence-electron chi connectivity index (χ3n) is 10.8. The molecule has 31 heavy (non-hydrogen) atoms. The van der Waals surface area contributed by atoms with E-state index in [4.69, 9.17) is 4.74 Å². The van der Waals surface area contributed by atoms with Gasteiger partial charge in [-0.15, -0.1) is 0 Å². The molecule has 4 fully saturated rings. The van der Waals surface area contributed by atoms with Crippen LogP contribution in [0.2, 0.25) is 0 Å². The maximum absolute atomic E-state index is 14.0. The minimum absolute atomic E-state index is 0.0964. The van der Waals surface area contributed by atoms with E-state index in [1.807, 2.05) is 0 Å². The number of fused-ring (bicyclic) bond motifs is 5. The highest BCUT2D eigenvalue weighted by Crippen LogP contribution is 2.68. The maximum atomic E-state index is 14.0. The van der Waals surface area contributed by atoms with Crippen LogP contribution in [0.5, 0.6) is 0 Å². The average Bonchev–Trinajstić information content (AvgIpc) is 3.10. The first-order valence-electron chi connectivity index (χ1n) is 12.9. The van der Waals surface area contributed by atoms with Crippen LogP contribution in [-0.2, 0) is 14.3 Å². The van der Waals surface area contributed by atoms with Gasteiger partial charge in [0.25, 0.3) is 0 Å². The monoisotopic (exact) mass is 428 g/mol. The molecule has 0 aromatic heterocycles. The smallest absolute Gasteiger partial charge is 0.305 e. The molecule has 0 heterocycles. The Bertz CT molecular complexity index is 753. The first kappa shape index (κ1) is 23.1. The molecule has 4 aliphatic carbocycles. The van der Waals surface area contributed by atoms with Gasteiger partial charge in [-0.25, -0.2) is 0 Å². The van der Waals surface area contributed by atoms with Crippen molar-refractivity contribution in [3.05, 3.63) is 11.6 Å². The Morgan fingerprint density at radius 1 is 1.13 bits per heavy atom. The molecule has 4 saturated carbocycles. The summed E-state index contributed by atoms with van der Waals surface area (Å²) in [5.74, 6) is 4.01. The van der Waals surface area contributed by atoms with Crippen LogP contribution in [0.1, 0.15) is 92.4 Å². The van der Waals surface area contributed by atoms with Crippen LogP contribution < -0.4 is 0 Å². The molecule has 0 N–H and O–H groups in total. The minimum Gasteiger partial charge on any atom is -0.469 e. The Hall–Kier alpha value is -1.12. The molecule has 4 unspecified atom stereocenters. The van der Waals surface area contributed by atoms with Gasteiger partial charge < -0.3 is 4.74 Å². The summed E-state index contributed by atoms with van der Waals surface area (Å²) in [5.41, 5.74) is 1.70. The Kier molecular flexibility index (Phi) is 6.20. The van der Waals surface area contributed by atoms with E-state index in [0.717, 1.165) is 12.3 Å². The number of rotatable bonds is 4. The van der Waals surface area contributed by atoms with E-state index in [9.17, 15) is 9.59 Å². The van der Waals surface area contributed by atoms with Crippen molar-refractivity contribution in [2.24, 2.45) is 52.3 Å². The molecule has 0 saturated heterocycles. The third-order valence-corrected chi connectivity index (χ3v) is 10.8. The van der Waals surface area contributed by atoms with E-state index in [1.165, 1.54) is 57.6 Å². The van der Waals surface area contributed by atoms with Crippen LogP contribution in [0, 0.1) is 52.3 Å². The van der Waals surface area contributed by atoms with Crippen LogP contribution in [0.3, 0.4) is 0 Å². The van der Waals surface area contributed by atoms with E-state index in [1.54, 1.807) is 0 Å². The Balaban J connectivity index is 1.61. The molecule has 4 aliphatic rings. The standard InChI is InChI=1S/C28H44O3/c1-7-19-23-16-17(2)12-14-28(23,5)22-13-15-27(4)20(18(3)8-11-24(29)31-6)9-10-21(27)25(22)26(19)30/h7,17-18,20-23,25H,8-16H2,1-6H3/b19-7+/t17-,18-,20-,21?,22?,23?,25?,27-,28-/m1/s1. The highest BCUT2D eigenvalue weighted by molar-refractivity contribution is 5.99. The Labute approximate surface area is 189 Å². The van der Waals surface area contributed by atoms with Gasteiger partial charge in [-0.05, 0) is 104 Å². The fraction of sp³-hybridized carbons (Fsp3) is 0.857. The lowest BCUT2D eigenvalue weighted by Gasteiger charge is -2.61. The van der Waals surface area contributed by atoms with E-state index in [-0.39, 0.29) is 17.3 Å². The lowest BCUT2D eigenvalue weighted by atomic mass is 9.42. The van der Waals surface area contributed by atoms with Crippen LogP contribution in [-0.4, -0.2) is 18.9 Å². The molecule has 4 rings (SSSR count). The van der Waals surface area contributed by atoms with E-state index >= 15 is 0 Å². The number of ketones is 1. The molecule has 3 heteroatoms. The van der Waals surface area contributed by atoms with Crippen molar-refractivity contribution >= 4 is 11.8 Å². The third kappa shape index (κ3) is 3.53. The molecule has 0 bridgehead atoms. The predicted octanol–water partition coefficient (Wildman–Crippen LogP) is 6.61. The van der Waals surface area contributed by atoms with Gasteiger partial charge in [-0.1, -0.05) is 40.2 Å². The van der Waals surface area contributed by atoms with Gasteiger partial charge in [0.2, 0.25) is 0 Å². The zero-order chi connectivity index (χ0) is 22.6. The maximum Gasteiger partial charge on any atom is 0.305 e. The summed E-state index contributed by atoms with van der Waals surface area (Å²) in [6.45, 7) is 11.8. The van der Waals surface area contributed by atoms with Crippen LogP contribution in [0.4, 0.5) is 0 Å². The molecule has 0 spiro atoms. The minimum atomic E-state index is -0.0964. The number of hydrogen-bond acceptors (Lipinski definition) is 3. The quantitative estimate of drug-likeness (QED) is 0.374. The van der Waals surface area contributed by atoms with Crippen molar-refractivity contribution in [3.8, 4) is 0 Å². The van der Waals surface area contributed by atoms with Crippen molar-refractivity contribution in [1.29, 1.82) is 0 Å². The van der Waals surface area contributed by atoms with Gasteiger partial charge >= 0.3 is 5.97 Å². The highest BCUT2D eigenvalue weighted by atomic mass is 16.5. The van der Waals surface area contributed by atoms with E-state index < -0.39 is 0 Å². The summed E-state index contributed by atoms with van der Waals surface area (Å²) in [7, 11) is 1.48. The van der Waals surface area contributed by atoms with Gasteiger partial charge in [0, 0.05) is 12.3 Å². The molecule has 174 valence electrons. The summed E-state index contributed by atoms with van der Waals surface area (Å²) in [5, 5.41) is 0. The molecule has 9 atom stereocenters. The number of carbonyl (C=O) groups is 2. The fourth-order valence-corrected chi connectivity index (χ4v) is 9.02. The topological polar surface area (TPSA) is 43.4 Å². The number of allylic oxidation sites excluding steroid dienone is 2. The second-order valence-corrected chi connectivity index (χ2v) is 12.1. The predicted molar refractivity (Wildman–Crippen MR) is 124 cm³/mol. The number of carbonyl (C=O) groups excluding carboxylic acids is 2. The van der Waals surface area contributed by atoms with Gasteiger partial charge in [-0.3, -0.25) is 9.59 Å². The number of ether oxygens (including phenoxy) is 1. The van der Waals surface area contributed by atoms with Crippen molar-refractivity contribution in [2.75, 3.05) is 7.11 Å². The molecular weight excluding hydrogens is 384 g/mol. The Morgan fingerprint density at radius 2 is 1.81 bits per heavy atom. The second-order valence-electron chi connectivity index (χ2n) is 12.1. The second kappa shape index (κ2) is 8.34. The summed E-state index contributed by atoms with van der Waals surface area (Å²) in [6.07, 6.45) is 12.2. The molecule has 0 radical (unpaired) electrons. The molecule has 3 nitrogen and oxygen atoms in total. The number of Topliss-reactive ketones (excluding diaryl/α,β-unsaturated/α-hetero) is 1. The number of methoxy groups -OCH3 is 1. The summed E-state index contributed by atoms with van der Waals surface area (Å²) >= 11 is 0. The van der Waals surface area contributed by atoms with Crippen LogP contribution in [0.25, 0.3) is 0 Å². The Morgan fingerprint density at radius 3 is 2.48 bits per heavy atom. The summed E-state index contributed by atoms with van der Waals surface area (Å²) in [6, 6.07) is 0. The molecular formula is C28H44O3. The number of esters is 1. The van der Waals surface area contributed by atoms with Crippen molar-refractivity contribution in [3.63, 3.8) is 0 Å². The number of hydrogen-bond donors (Lipinski definition) is 0. The molecule has 0 aromatic carbocycles. The van der Waals surface area contributed by atoms with Crippen molar-refractivity contribution in [1.82, 2.24) is 0 Å². The van der Waals surface area contributed by atoms with Crippen LogP contribution in [0.15, 0.2) is 11.6 Å².